The summed E-state index contributed by atoms with van der Waals surface area (Å²) in [6, 6.07) is 9.23. The molecule has 0 spiro atoms. The molecular weight excluding hydrogens is 502 g/mol. The van der Waals surface area contributed by atoms with Gasteiger partial charge in [-0.25, -0.2) is 9.78 Å². The third-order valence-electron chi connectivity index (χ3n) is 9.43. The summed E-state index contributed by atoms with van der Waals surface area (Å²) in [5.74, 6) is 2.18. The van der Waals surface area contributed by atoms with Crippen LogP contribution in [0.25, 0.3) is 0 Å². The Kier molecular flexibility index (Phi) is 7.02. The number of nitrogens with zero attached hydrogens (tertiary/aromatic N) is 5. The molecule has 3 aliphatic carbocycles. The van der Waals surface area contributed by atoms with Crippen LogP contribution in [0.4, 0.5) is 16.6 Å². The van der Waals surface area contributed by atoms with Crippen LogP contribution in [-0.2, 0) is 11.3 Å². The molecule has 40 heavy (non-hydrogen) atoms. The highest BCUT2D eigenvalue weighted by molar-refractivity contribution is 5.94. The lowest BCUT2D eigenvalue weighted by Gasteiger charge is -2.64. The zero-order chi connectivity index (χ0) is 28.0. The van der Waals surface area contributed by atoms with E-state index in [1.807, 2.05) is 18.7 Å². The van der Waals surface area contributed by atoms with Gasteiger partial charge >= 0.3 is 6.03 Å². The van der Waals surface area contributed by atoms with Crippen LogP contribution in [0.15, 0.2) is 43.1 Å². The van der Waals surface area contributed by atoms with Gasteiger partial charge in [0.2, 0.25) is 11.9 Å². The standard InChI is InChI=1S/C31H41N7O2/c1-5-27(39)37-12-10-36(11-13-37)26(17-31-14-22(15-31)16-31)24-8-6-23(7-9-24)21(4)34-29-32-18-25-19-33-30(40)38(20(2)3)28(25)35-29/h5-9,18,20-22,26H,1,10-17,19H2,2-4H3,(H,33,40)(H,32,34,35)/t21-,22?,26?,31?/m0/s1. The van der Waals surface area contributed by atoms with E-state index < -0.39 is 0 Å². The summed E-state index contributed by atoms with van der Waals surface area (Å²) in [7, 11) is 0. The smallest absolute Gasteiger partial charge is 0.323 e. The molecule has 5 aliphatic rings. The first-order valence-corrected chi connectivity index (χ1v) is 14.7. The Bertz CT molecular complexity index is 1270. The third-order valence-corrected chi connectivity index (χ3v) is 9.43. The molecule has 2 aromatic rings. The number of piperazine rings is 1. The summed E-state index contributed by atoms with van der Waals surface area (Å²) in [5.41, 5.74) is 3.96. The average Bonchev–Trinajstić information content (AvgIpc) is 2.91. The van der Waals surface area contributed by atoms with Crippen molar-refractivity contribution in [3.8, 4) is 0 Å². The number of urea groups is 1. The van der Waals surface area contributed by atoms with Crippen molar-refractivity contribution in [2.75, 3.05) is 36.4 Å². The Labute approximate surface area is 237 Å². The summed E-state index contributed by atoms with van der Waals surface area (Å²) in [6.07, 6.45) is 8.58. The van der Waals surface area contributed by atoms with E-state index >= 15 is 0 Å². The van der Waals surface area contributed by atoms with Crippen LogP contribution >= 0.6 is 0 Å². The summed E-state index contributed by atoms with van der Waals surface area (Å²) < 4.78 is 0. The van der Waals surface area contributed by atoms with Crippen molar-refractivity contribution in [3.63, 3.8) is 0 Å². The number of fused-ring (bicyclic) bond motifs is 1. The molecule has 2 atom stereocenters. The maximum atomic E-state index is 12.4. The molecule has 7 rings (SSSR count). The molecular formula is C31H41N7O2. The van der Waals surface area contributed by atoms with Gasteiger partial charge in [0.25, 0.3) is 0 Å². The van der Waals surface area contributed by atoms with Gasteiger partial charge in [0.1, 0.15) is 5.82 Å². The van der Waals surface area contributed by atoms with Crippen LogP contribution in [0.5, 0.6) is 0 Å². The third kappa shape index (κ3) is 4.96. The molecule has 1 saturated heterocycles. The van der Waals surface area contributed by atoms with Crippen molar-refractivity contribution in [1.29, 1.82) is 0 Å². The van der Waals surface area contributed by atoms with E-state index in [1.165, 1.54) is 37.3 Å². The lowest BCUT2D eigenvalue weighted by atomic mass is 9.42. The van der Waals surface area contributed by atoms with E-state index in [0.717, 1.165) is 43.2 Å². The molecule has 2 aliphatic heterocycles. The second-order valence-corrected chi connectivity index (χ2v) is 12.5. The minimum atomic E-state index is -0.127. The number of rotatable bonds is 9. The fourth-order valence-electron chi connectivity index (χ4n) is 7.07. The first-order valence-electron chi connectivity index (χ1n) is 14.7. The molecule has 1 unspecified atom stereocenters. The van der Waals surface area contributed by atoms with Crippen molar-refractivity contribution in [2.24, 2.45) is 11.3 Å². The predicted octanol–water partition coefficient (Wildman–Crippen LogP) is 4.65. The quantitative estimate of drug-likeness (QED) is 0.448. The van der Waals surface area contributed by atoms with Crippen LogP contribution in [0.2, 0.25) is 0 Å². The molecule has 9 heteroatoms. The maximum absolute atomic E-state index is 12.4. The molecule has 9 nitrogen and oxygen atoms in total. The topological polar surface area (TPSA) is 93.7 Å². The number of amides is 3. The summed E-state index contributed by atoms with van der Waals surface area (Å²) in [4.78, 5) is 40.0. The zero-order valence-corrected chi connectivity index (χ0v) is 23.9. The van der Waals surface area contributed by atoms with E-state index in [4.69, 9.17) is 4.98 Å². The zero-order valence-electron chi connectivity index (χ0n) is 23.9. The summed E-state index contributed by atoms with van der Waals surface area (Å²) >= 11 is 0. The normalized spacial score (nSPS) is 25.3. The second kappa shape index (κ2) is 10.5. The molecule has 3 saturated carbocycles. The van der Waals surface area contributed by atoms with Crippen molar-refractivity contribution in [1.82, 2.24) is 25.1 Å². The van der Waals surface area contributed by atoms with E-state index in [1.54, 1.807) is 11.1 Å². The van der Waals surface area contributed by atoms with Crippen LogP contribution in [0.1, 0.15) is 75.2 Å². The van der Waals surface area contributed by atoms with Crippen molar-refractivity contribution in [2.45, 2.75) is 71.1 Å². The van der Waals surface area contributed by atoms with Gasteiger partial charge in [-0.05, 0) is 75.0 Å². The van der Waals surface area contributed by atoms with Gasteiger partial charge < -0.3 is 15.5 Å². The largest absolute Gasteiger partial charge is 0.348 e. The highest BCUT2D eigenvalue weighted by atomic mass is 16.2. The number of nitrogens with one attached hydrogen (secondary N) is 2. The Morgan fingerprint density at radius 2 is 1.80 bits per heavy atom. The first kappa shape index (κ1) is 26.7. The van der Waals surface area contributed by atoms with Crippen LogP contribution in [0, 0.1) is 11.3 Å². The van der Waals surface area contributed by atoms with Crippen molar-refractivity contribution in [3.05, 3.63) is 59.8 Å². The maximum Gasteiger partial charge on any atom is 0.323 e. The fourth-order valence-corrected chi connectivity index (χ4v) is 7.07. The molecule has 1 aromatic heterocycles. The number of benzene rings is 1. The molecule has 3 heterocycles. The van der Waals surface area contributed by atoms with Crippen LogP contribution in [-0.4, -0.2) is 63.9 Å². The minimum absolute atomic E-state index is 0.00143. The number of hydrogen-bond donors (Lipinski definition) is 2. The second-order valence-electron chi connectivity index (χ2n) is 12.5. The number of hydrogen-bond acceptors (Lipinski definition) is 6. The molecule has 3 amide bonds. The molecule has 4 fully saturated rings. The molecule has 1 aromatic carbocycles. The van der Waals surface area contributed by atoms with E-state index in [0.29, 0.717) is 29.8 Å². The van der Waals surface area contributed by atoms with Gasteiger partial charge in [0.15, 0.2) is 0 Å². The SMILES string of the molecule is C=CC(=O)N1CCN(C(CC23CC(C2)C3)c2ccc([C@H](C)Nc3ncc4c(n3)N(C(C)C)C(=O)NC4)cc2)CC1. The summed E-state index contributed by atoms with van der Waals surface area (Å²) in [6.45, 7) is 13.5. The molecule has 212 valence electrons. The van der Waals surface area contributed by atoms with E-state index in [9.17, 15) is 9.59 Å². The van der Waals surface area contributed by atoms with Gasteiger partial charge in [-0.15, -0.1) is 0 Å². The van der Waals surface area contributed by atoms with E-state index in [2.05, 4.69) is 58.3 Å². The predicted molar refractivity (Wildman–Crippen MR) is 156 cm³/mol. The van der Waals surface area contributed by atoms with Gasteiger partial charge in [0, 0.05) is 56.6 Å². The lowest BCUT2D eigenvalue weighted by Crippen LogP contribution is -2.55. The molecule has 0 radical (unpaired) electrons. The monoisotopic (exact) mass is 543 g/mol. The fraction of sp³-hybridized carbons (Fsp3) is 0.548. The van der Waals surface area contributed by atoms with Gasteiger partial charge in [0.05, 0.1) is 6.04 Å². The Balaban J connectivity index is 1.16. The Hall–Kier alpha value is -3.46. The number of carbonyl (C=O) groups excluding carboxylic acids is 2. The Morgan fingerprint density at radius 1 is 1.12 bits per heavy atom. The number of aromatic nitrogens is 2. The van der Waals surface area contributed by atoms with Gasteiger partial charge in [-0.1, -0.05) is 30.8 Å². The summed E-state index contributed by atoms with van der Waals surface area (Å²) in [5, 5.41) is 6.33. The lowest BCUT2D eigenvalue weighted by molar-refractivity contribution is -0.134. The number of carbonyl (C=O) groups is 2. The van der Waals surface area contributed by atoms with Crippen molar-refractivity contribution < 1.29 is 9.59 Å². The van der Waals surface area contributed by atoms with Gasteiger partial charge in [-0.3, -0.25) is 14.6 Å². The average molecular weight is 544 g/mol. The minimum Gasteiger partial charge on any atom is -0.348 e. The Morgan fingerprint density at radius 3 is 2.40 bits per heavy atom. The first-order chi connectivity index (χ1) is 19.2. The highest BCUT2D eigenvalue weighted by Gasteiger charge is 2.57. The molecule has 2 bridgehead atoms. The van der Waals surface area contributed by atoms with Gasteiger partial charge in [-0.2, -0.15) is 4.98 Å². The molecule has 2 N–H and O–H groups in total. The number of anilines is 2. The van der Waals surface area contributed by atoms with E-state index in [-0.39, 0.29) is 24.0 Å². The highest BCUT2D eigenvalue weighted by Crippen LogP contribution is 2.68. The van der Waals surface area contributed by atoms with Crippen molar-refractivity contribution >= 4 is 23.7 Å². The van der Waals surface area contributed by atoms with Crippen LogP contribution in [0.3, 0.4) is 0 Å². The van der Waals surface area contributed by atoms with Crippen LogP contribution < -0.4 is 15.5 Å².